The van der Waals surface area contributed by atoms with Gasteiger partial charge in [0, 0.05) is 20.1 Å². The van der Waals surface area contributed by atoms with Crippen molar-refractivity contribution < 1.29 is 13.2 Å². The van der Waals surface area contributed by atoms with Crippen LogP contribution < -0.4 is 10.6 Å². The van der Waals surface area contributed by atoms with Gasteiger partial charge in [0.2, 0.25) is 0 Å². The second-order valence-corrected chi connectivity index (χ2v) is 3.79. The summed E-state index contributed by atoms with van der Waals surface area (Å²) >= 11 is 0. The van der Waals surface area contributed by atoms with E-state index < -0.39 is 11.7 Å². The van der Waals surface area contributed by atoms with Crippen LogP contribution >= 0.6 is 24.0 Å². The summed E-state index contributed by atoms with van der Waals surface area (Å²) in [4.78, 5) is 3.96. The summed E-state index contributed by atoms with van der Waals surface area (Å²) in [5, 5.41) is 5.95. The van der Waals surface area contributed by atoms with Gasteiger partial charge in [-0.05, 0) is 17.7 Å². The lowest BCUT2D eigenvalue weighted by atomic mass is 10.1. The minimum absolute atomic E-state index is 0. The number of aliphatic imine (C=N–C) groups is 1. The monoisotopic (exact) mass is 399 g/mol. The number of rotatable bonds is 4. The van der Waals surface area contributed by atoms with Crippen molar-refractivity contribution in [2.45, 2.75) is 12.7 Å². The zero-order valence-corrected chi connectivity index (χ0v) is 13.3. The third-order valence-corrected chi connectivity index (χ3v) is 2.38. The quantitative estimate of drug-likeness (QED) is 0.353. The summed E-state index contributed by atoms with van der Waals surface area (Å²) in [6.45, 7) is 4.53. The van der Waals surface area contributed by atoms with Crippen molar-refractivity contribution in [3.8, 4) is 0 Å². The maximum Gasteiger partial charge on any atom is 0.416 e. The zero-order valence-electron chi connectivity index (χ0n) is 11.0. The molecule has 0 amide bonds. The van der Waals surface area contributed by atoms with Gasteiger partial charge in [-0.2, -0.15) is 13.2 Å². The summed E-state index contributed by atoms with van der Waals surface area (Å²) in [5.74, 6) is 0.569. The SMILES string of the molecule is C=CCNC(=NC)NCc1ccc(C(F)(F)F)cc1.I. The van der Waals surface area contributed by atoms with Crippen LogP contribution in [0.1, 0.15) is 11.1 Å². The minimum atomic E-state index is -4.30. The second-order valence-electron chi connectivity index (χ2n) is 3.79. The van der Waals surface area contributed by atoms with Crippen molar-refractivity contribution in [3.63, 3.8) is 0 Å². The second kappa shape index (κ2) is 8.83. The number of alkyl halides is 3. The Morgan fingerprint density at radius 2 is 1.85 bits per heavy atom. The molecule has 0 spiro atoms. The number of benzene rings is 1. The van der Waals surface area contributed by atoms with Crippen LogP contribution in [-0.2, 0) is 12.7 Å². The number of hydrogen-bond acceptors (Lipinski definition) is 1. The molecule has 0 aliphatic carbocycles. The number of guanidine groups is 1. The number of halogens is 4. The first-order valence-electron chi connectivity index (χ1n) is 5.69. The Hall–Kier alpha value is -1.25. The molecule has 1 rings (SSSR count). The van der Waals surface area contributed by atoms with Crippen LogP contribution in [-0.4, -0.2) is 19.6 Å². The fraction of sp³-hybridized carbons (Fsp3) is 0.308. The smallest absolute Gasteiger partial charge is 0.353 e. The Morgan fingerprint density at radius 1 is 1.25 bits per heavy atom. The predicted octanol–water partition coefficient (Wildman–Crippen LogP) is 3.17. The fourth-order valence-electron chi connectivity index (χ4n) is 1.39. The molecule has 0 saturated heterocycles. The van der Waals surface area contributed by atoms with Crippen molar-refractivity contribution in [1.29, 1.82) is 0 Å². The van der Waals surface area contributed by atoms with E-state index in [1.54, 1.807) is 13.1 Å². The molecular formula is C13H17F3IN3. The van der Waals surface area contributed by atoms with Gasteiger partial charge in [-0.3, -0.25) is 4.99 Å². The van der Waals surface area contributed by atoms with Crippen LogP contribution in [0.4, 0.5) is 13.2 Å². The molecule has 0 atom stereocenters. The summed E-state index contributed by atoms with van der Waals surface area (Å²) in [6.07, 6.45) is -2.61. The van der Waals surface area contributed by atoms with Crippen LogP contribution in [0, 0.1) is 0 Å². The maximum atomic E-state index is 12.4. The Bertz CT molecular complexity index is 441. The van der Waals surface area contributed by atoms with E-state index in [4.69, 9.17) is 0 Å². The molecule has 0 fully saturated rings. The van der Waals surface area contributed by atoms with Crippen molar-refractivity contribution in [2.24, 2.45) is 4.99 Å². The lowest BCUT2D eigenvalue weighted by Gasteiger charge is -2.11. The lowest BCUT2D eigenvalue weighted by molar-refractivity contribution is -0.137. The van der Waals surface area contributed by atoms with Crippen LogP contribution in [0.3, 0.4) is 0 Å². The molecule has 0 aliphatic heterocycles. The van der Waals surface area contributed by atoms with Gasteiger partial charge < -0.3 is 10.6 Å². The van der Waals surface area contributed by atoms with Gasteiger partial charge in [-0.25, -0.2) is 0 Å². The first-order valence-corrected chi connectivity index (χ1v) is 5.69. The fourth-order valence-corrected chi connectivity index (χ4v) is 1.39. The molecule has 1 aromatic rings. The molecule has 2 N–H and O–H groups in total. The number of nitrogens with zero attached hydrogens (tertiary/aromatic N) is 1. The van der Waals surface area contributed by atoms with E-state index in [0.29, 0.717) is 19.0 Å². The Morgan fingerprint density at radius 3 is 2.30 bits per heavy atom. The molecule has 20 heavy (non-hydrogen) atoms. The molecule has 3 nitrogen and oxygen atoms in total. The van der Waals surface area contributed by atoms with Gasteiger partial charge in [-0.1, -0.05) is 18.2 Å². The lowest BCUT2D eigenvalue weighted by Crippen LogP contribution is -2.36. The third kappa shape index (κ3) is 6.27. The van der Waals surface area contributed by atoms with E-state index in [1.807, 2.05) is 0 Å². The van der Waals surface area contributed by atoms with Gasteiger partial charge in [0.05, 0.1) is 5.56 Å². The maximum absolute atomic E-state index is 12.4. The van der Waals surface area contributed by atoms with E-state index in [9.17, 15) is 13.2 Å². The molecule has 0 heterocycles. The van der Waals surface area contributed by atoms with Crippen molar-refractivity contribution in [1.82, 2.24) is 10.6 Å². The van der Waals surface area contributed by atoms with Crippen LogP contribution in [0.2, 0.25) is 0 Å². The van der Waals surface area contributed by atoms with Gasteiger partial charge in [-0.15, -0.1) is 30.6 Å². The highest BCUT2D eigenvalue weighted by Crippen LogP contribution is 2.28. The first kappa shape index (κ1) is 18.8. The molecule has 1 aromatic carbocycles. The highest BCUT2D eigenvalue weighted by molar-refractivity contribution is 14.0. The normalized spacial score (nSPS) is 11.5. The molecule has 0 radical (unpaired) electrons. The number of hydrogen-bond donors (Lipinski definition) is 2. The average molecular weight is 399 g/mol. The van der Waals surface area contributed by atoms with Crippen LogP contribution in [0.25, 0.3) is 0 Å². The molecule has 0 unspecified atom stereocenters. The highest BCUT2D eigenvalue weighted by atomic mass is 127. The molecule has 0 aliphatic rings. The summed E-state index contributed by atoms with van der Waals surface area (Å²) in [5.41, 5.74) is 0.0972. The topological polar surface area (TPSA) is 36.4 Å². The molecule has 7 heteroatoms. The Kier molecular flexibility index (Phi) is 8.28. The van der Waals surface area contributed by atoms with Gasteiger partial charge in [0.15, 0.2) is 5.96 Å². The molecular weight excluding hydrogens is 382 g/mol. The van der Waals surface area contributed by atoms with Crippen molar-refractivity contribution in [3.05, 3.63) is 48.0 Å². The number of nitrogens with one attached hydrogen (secondary N) is 2. The zero-order chi connectivity index (χ0) is 14.3. The largest absolute Gasteiger partial charge is 0.416 e. The summed E-state index contributed by atoms with van der Waals surface area (Å²) in [7, 11) is 1.62. The standard InChI is InChI=1S/C13H16F3N3.HI/c1-3-8-18-12(17-2)19-9-10-4-6-11(7-5-10)13(14,15)16;/h3-7H,1,8-9H2,2H3,(H2,17,18,19);1H. The van der Waals surface area contributed by atoms with E-state index in [2.05, 4.69) is 22.2 Å². The van der Waals surface area contributed by atoms with Crippen molar-refractivity contribution in [2.75, 3.05) is 13.6 Å². The van der Waals surface area contributed by atoms with E-state index in [1.165, 1.54) is 12.1 Å². The van der Waals surface area contributed by atoms with E-state index in [0.717, 1.165) is 17.7 Å². The third-order valence-electron chi connectivity index (χ3n) is 2.38. The van der Waals surface area contributed by atoms with Crippen LogP contribution in [0.15, 0.2) is 41.9 Å². The molecule has 112 valence electrons. The summed E-state index contributed by atoms with van der Waals surface area (Å²) in [6, 6.07) is 5.01. The van der Waals surface area contributed by atoms with Crippen molar-refractivity contribution >= 4 is 29.9 Å². The van der Waals surface area contributed by atoms with E-state index >= 15 is 0 Å². The van der Waals surface area contributed by atoms with Crippen LogP contribution in [0.5, 0.6) is 0 Å². The van der Waals surface area contributed by atoms with Gasteiger partial charge >= 0.3 is 6.18 Å². The molecule has 0 aromatic heterocycles. The Balaban J connectivity index is 0.00000361. The highest BCUT2D eigenvalue weighted by Gasteiger charge is 2.29. The van der Waals surface area contributed by atoms with E-state index in [-0.39, 0.29) is 24.0 Å². The average Bonchev–Trinajstić information content (AvgIpc) is 2.38. The first-order chi connectivity index (χ1) is 8.97. The van der Waals surface area contributed by atoms with Gasteiger partial charge in [0.25, 0.3) is 0 Å². The van der Waals surface area contributed by atoms with Gasteiger partial charge in [0.1, 0.15) is 0 Å². The Labute approximate surface area is 133 Å². The minimum Gasteiger partial charge on any atom is -0.353 e. The molecule has 0 saturated carbocycles. The summed E-state index contributed by atoms with van der Waals surface area (Å²) < 4.78 is 37.1. The predicted molar refractivity (Wildman–Crippen MR) is 85.3 cm³/mol. The molecule has 0 bridgehead atoms.